The Kier molecular flexibility index (Phi) is 10.3. The zero-order valence-corrected chi connectivity index (χ0v) is 16.0. The summed E-state index contributed by atoms with van der Waals surface area (Å²) in [5.41, 5.74) is 0. The SMILES string of the molecule is CCCCCCCCCCCC(C(CC)S(=O)(=O)O)n1ccnc1. The van der Waals surface area contributed by atoms with Crippen molar-refractivity contribution in [1.82, 2.24) is 9.55 Å². The van der Waals surface area contributed by atoms with Crippen LogP contribution >= 0.6 is 0 Å². The van der Waals surface area contributed by atoms with Crippen LogP contribution in [0.25, 0.3) is 0 Å². The van der Waals surface area contributed by atoms with Crippen LogP contribution in [0, 0.1) is 0 Å². The molecule has 140 valence electrons. The molecule has 1 heterocycles. The summed E-state index contributed by atoms with van der Waals surface area (Å²) < 4.78 is 34.7. The average molecular weight is 359 g/mol. The van der Waals surface area contributed by atoms with E-state index in [1.54, 1.807) is 25.6 Å². The lowest BCUT2D eigenvalue weighted by Gasteiger charge is -2.25. The highest BCUT2D eigenvalue weighted by atomic mass is 32.2. The zero-order valence-electron chi connectivity index (χ0n) is 15.2. The Labute approximate surface area is 147 Å². The normalized spacial score (nSPS) is 14.6. The summed E-state index contributed by atoms with van der Waals surface area (Å²) in [5.74, 6) is 0. The molecule has 0 amide bonds. The van der Waals surface area contributed by atoms with Gasteiger partial charge >= 0.3 is 0 Å². The average Bonchev–Trinajstić information content (AvgIpc) is 3.05. The first kappa shape index (κ1) is 21.2. The third-order valence-electron chi connectivity index (χ3n) is 4.73. The molecule has 1 aromatic heterocycles. The summed E-state index contributed by atoms with van der Waals surface area (Å²) in [7, 11) is -4.05. The molecule has 0 radical (unpaired) electrons. The standard InChI is InChI=1S/C18H34N2O3S/c1-3-5-6-7-8-9-10-11-12-13-17(20-15-14-19-16-20)18(4-2)24(21,22)23/h14-18H,3-13H2,1-2H3,(H,21,22,23). The fraction of sp³-hybridized carbons (Fsp3) is 0.833. The van der Waals surface area contributed by atoms with Crippen LogP contribution < -0.4 is 0 Å². The van der Waals surface area contributed by atoms with Crippen LogP contribution in [0.3, 0.4) is 0 Å². The highest BCUT2D eigenvalue weighted by molar-refractivity contribution is 7.86. The molecule has 1 aromatic rings. The maximum atomic E-state index is 11.7. The van der Waals surface area contributed by atoms with Gasteiger partial charge in [-0.05, 0) is 12.8 Å². The molecule has 6 heteroatoms. The number of unbranched alkanes of at least 4 members (excludes halogenated alkanes) is 8. The van der Waals surface area contributed by atoms with Crippen LogP contribution in [0.15, 0.2) is 18.7 Å². The van der Waals surface area contributed by atoms with E-state index in [0.717, 1.165) is 19.3 Å². The Morgan fingerprint density at radius 3 is 2.04 bits per heavy atom. The van der Waals surface area contributed by atoms with Crippen LogP contribution in [0.2, 0.25) is 0 Å². The van der Waals surface area contributed by atoms with E-state index in [1.807, 2.05) is 4.57 Å². The molecule has 0 spiro atoms. The van der Waals surface area contributed by atoms with Crippen molar-refractivity contribution in [2.75, 3.05) is 0 Å². The van der Waals surface area contributed by atoms with Crippen molar-refractivity contribution in [3.63, 3.8) is 0 Å². The van der Waals surface area contributed by atoms with E-state index in [9.17, 15) is 13.0 Å². The van der Waals surface area contributed by atoms with Crippen molar-refractivity contribution >= 4 is 10.1 Å². The molecule has 2 unspecified atom stereocenters. The largest absolute Gasteiger partial charge is 0.333 e. The number of rotatable bonds is 14. The van der Waals surface area contributed by atoms with Crippen LogP contribution in [-0.2, 0) is 10.1 Å². The highest BCUT2D eigenvalue weighted by Crippen LogP contribution is 2.27. The van der Waals surface area contributed by atoms with E-state index in [1.165, 1.54) is 44.9 Å². The lowest BCUT2D eigenvalue weighted by atomic mass is 10.0. The minimum Gasteiger partial charge on any atom is -0.333 e. The van der Waals surface area contributed by atoms with E-state index < -0.39 is 15.4 Å². The summed E-state index contributed by atoms with van der Waals surface area (Å²) in [4.78, 5) is 4.02. The number of hydrogen-bond donors (Lipinski definition) is 1. The van der Waals surface area contributed by atoms with Gasteiger partial charge in [0.25, 0.3) is 10.1 Å². The summed E-state index contributed by atoms with van der Waals surface area (Å²) in [5, 5.41) is -0.763. The monoisotopic (exact) mass is 358 g/mol. The first-order valence-corrected chi connectivity index (χ1v) is 10.9. The fourth-order valence-corrected chi connectivity index (χ4v) is 4.43. The second-order valence-corrected chi connectivity index (χ2v) is 8.29. The topological polar surface area (TPSA) is 72.2 Å². The lowest BCUT2D eigenvalue weighted by molar-refractivity contribution is 0.377. The van der Waals surface area contributed by atoms with Gasteiger partial charge in [0.2, 0.25) is 0 Å². The number of hydrogen-bond acceptors (Lipinski definition) is 3. The van der Waals surface area contributed by atoms with Gasteiger partial charge in [-0.15, -0.1) is 0 Å². The Balaban J connectivity index is 2.39. The summed E-state index contributed by atoms with van der Waals surface area (Å²) in [6, 6.07) is -0.239. The van der Waals surface area contributed by atoms with Gasteiger partial charge in [0.05, 0.1) is 12.4 Å². The van der Waals surface area contributed by atoms with Gasteiger partial charge in [0.15, 0.2) is 0 Å². The summed E-state index contributed by atoms with van der Waals surface area (Å²) >= 11 is 0. The predicted octanol–water partition coefficient (Wildman–Crippen LogP) is 5.01. The highest BCUT2D eigenvalue weighted by Gasteiger charge is 2.31. The molecule has 1 N–H and O–H groups in total. The third-order valence-corrected chi connectivity index (χ3v) is 6.14. The Hall–Kier alpha value is -0.880. The van der Waals surface area contributed by atoms with Crippen molar-refractivity contribution in [2.45, 2.75) is 95.8 Å². The maximum Gasteiger partial charge on any atom is 0.269 e. The molecule has 5 nitrogen and oxygen atoms in total. The Morgan fingerprint density at radius 1 is 1.00 bits per heavy atom. The van der Waals surface area contributed by atoms with Crippen molar-refractivity contribution in [1.29, 1.82) is 0 Å². The smallest absolute Gasteiger partial charge is 0.269 e. The van der Waals surface area contributed by atoms with Crippen LogP contribution in [0.1, 0.15) is 90.5 Å². The molecule has 24 heavy (non-hydrogen) atoms. The molecule has 1 rings (SSSR count). The number of aromatic nitrogens is 2. The predicted molar refractivity (Wildman–Crippen MR) is 98.7 cm³/mol. The van der Waals surface area contributed by atoms with Crippen LogP contribution in [0.4, 0.5) is 0 Å². The fourth-order valence-electron chi connectivity index (χ4n) is 3.34. The van der Waals surface area contributed by atoms with Gasteiger partial charge in [-0.25, -0.2) is 4.98 Å². The van der Waals surface area contributed by atoms with Crippen molar-refractivity contribution < 1.29 is 13.0 Å². The first-order chi connectivity index (χ1) is 11.5. The molecular formula is C18H34N2O3S. The number of nitrogens with zero attached hydrogens (tertiary/aromatic N) is 2. The van der Waals surface area contributed by atoms with E-state index in [-0.39, 0.29) is 6.04 Å². The Bertz CT molecular complexity index is 514. The maximum absolute atomic E-state index is 11.7. The van der Waals surface area contributed by atoms with Gasteiger partial charge in [0, 0.05) is 12.4 Å². The van der Waals surface area contributed by atoms with Crippen molar-refractivity contribution in [3.8, 4) is 0 Å². The van der Waals surface area contributed by atoms with Gasteiger partial charge in [-0.1, -0.05) is 71.6 Å². The van der Waals surface area contributed by atoms with E-state index in [4.69, 9.17) is 0 Å². The molecule has 0 fully saturated rings. The van der Waals surface area contributed by atoms with Crippen LogP contribution in [0.5, 0.6) is 0 Å². The number of imidazole rings is 1. The second kappa shape index (κ2) is 11.6. The molecule has 0 bridgehead atoms. The molecule has 0 aromatic carbocycles. The molecule has 2 atom stereocenters. The second-order valence-electron chi connectivity index (χ2n) is 6.66. The molecule has 0 aliphatic heterocycles. The molecule has 0 aliphatic carbocycles. The Morgan fingerprint density at radius 2 is 1.58 bits per heavy atom. The van der Waals surface area contributed by atoms with Crippen LogP contribution in [-0.4, -0.2) is 27.8 Å². The van der Waals surface area contributed by atoms with Gasteiger partial charge in [-0.2, -0.15) is 8.42 Å². The third kappa shape index (κ3) is 7.79. The quantitative estimate of drug-likeness (QED) is 0.375. The summed E-state index contributed by atoms with van der Waals surface area (Å²) in [6.45, 7) is 4.03. The first-order valence-electron chi connectivity index (χ1n) is 9.44. The van der Waals surface area contributed by atoms with Gasteiger partial charge < -0.3 is 4.57 Å². The molecule has 0 aliphatic rings. The zero-order chi connectivity index (χ0) is 17.8. The van der Waals surface area contributed by atoms with Crippen molar-refractivity contribution in [3.05, 3.63) is 18.7 Å². The lowest BCUT2D eigenvalue weighted by Crippen LogP contribution is -2.30. The van der Waals surface area contributed by atoms with E-state index >= 15 is 0 Å². The molecule has 0 saturated heterocycles. The van der Waals surface area contributed by atoms with E-state index in [0.29, 0.717) is 6.42 Å². The van der Waals surface area contributed by atoms with E-state index in [2.05, 4.69) is 11.9 Å². The molecular weight excluding hydrogens is 324 g/mol. The van der Waals surface area contributed by atoms with Gasteiger partial charge in [-0.3, -0.25) is 4.55 Å². The molecule has 0 saturated carbocycles. The summed E-state index contributed by atoms with van der Waals surface area (Å²) in [6.07, 6.45) is 17.4. The van der Waals surface area contributed by atoms with Crippen molar-refractivity contribution in [2.24, 2.45) is 0 Å². The minimum atomic E-state index is -4.05. The minimum absolute atomic E-state index is 0.239. The van der Waals surface area contributed by atoms with Gasteiger partial charge in [0.1, 0.15) is 5.25 Å².